The van der Waals surface area contributed by atoms with E-state index in [-0.39, 0.29) is 5.75 Å². The van der Waals surface area contributed by atoms with Crippen molar-refractivity contribution in [2.45, 2.75) is 6.61 Å². The van der Waals surface area contributed by atoms with Gasteiger partial charge < -0.3 is 14.4 Å². The van der Waals surface area contributed by atoms with Crippen LogP contribution in [-0.2, 0) is 4.74 Å². The van der Waals surface area contributed by atoms with Crippen molar-refractivity contribution >= 4 is 17.6 Å². The zero-order valence-corrected chi connectivity index (χ0v) is 16.5. The molecule has 158 valence electrons. The molecule has 9 heteroatoms. The molecule has 3 aromatic rings. The molecule has 4 rings (SSSR count). The van der Waals surface area contributed by atoms with Crippen molar-refractivity contribution < 1.29 is 18.3 Å². The lowest BCUT2D eigenvalue weighted by Gasteiger charge is -2.28. The van der Waals surface area contributed by atoms with Crippen LogP contribution in [0.5, 0.6) is 5.75 Å². The van der Waals surface area contributed by atoms with E-state index < -0.39 is 6.61 Å². The molecule has 0 radical (unpaired) electrons. The van der Waals surface area contributed by atoms with E-state index in [9.17, 15) is 14.0 Å². The number of rotatable bonds is 6. The fourth-order valence-corrected chi connectivity index (χ4v) is 3.29. The first-order valence-electron chi connectivity index (χ1n) is 9.66. The maximum Gasteiger partial charge on any atom is 0.387 e. The van der Waals surface area contributed by atoms with Gasteiger partial charge in [-0.05, 0) is 35.9 Å². The van der Waals surface area contributed by atoms with Crippen LogP contribution >= 0.6 is 0 Å². The number of allylic oxidation sites excluding steroid dienone is 1. The van der Waals surface area contributed by atoms with E-state index >= 15 is 0 Å². The predicted molar refractivity (Wildman–Crippen MR) is 111 cm³/mol. The highest BCUT2D eigenvalue weighted by molar-refractivity contribution is 5.88. The Hall–Kier alpha value is -3.77. The number of hydrogen-bond acceptors (Lipinski definition) is 6. The number of halogens is 2. The van der Waals surface area contributed by atoms with E-state index in [1.54, 1.807) is 18.2 Å². The Balaban J connectivity index is 1.74. The first kappa shape index (κ1) is 20.5. The van der Waals surface area contributed by atoms with Gasteiger partial charge in [0.2, 0.25) is 5.95 Å². The second kappa shape index (κ2) is 9.36. The minimum absolute atomic E-state index is 0.0488. The lowest BCUT2D eigenvalue weighted by molar-refractivity contribution is -0.0498. The molecular formula is C22H19F2N5O2. The number of benzene rings is 2. The molecule has 0 aliphatic carbocycles. The molecule has 1 saturated heterocycles. The monoisotopic (exact) mass is 423 g/mol. The van der Waals surface area contributed by atoms with Crippen LogP contribution in [-0.4, -0.2) is 47.7 Å². The third kappa shape index (κ3) is 4.70. The van der Waals surface area contributed by atoms with Crippen molar-refractivity contribution in [1.82, 2.24) is 14.8 Å². The number of aromatic nitrogens is 3. The molecule has 1 aliphatic heterocycles. The molecule has 0 bridgehead atoms. The molecule has 0 atom stereocenters. The van der Waals surface area contributed by atoms with Crippen molar-refractivity contribution in [2.75, 3.05) is 31.2 Å². The van der Waals surface area contributed by atoms with Crippen molar-refractivity contribution in [3.8, 4) is 17.5 Å². The molecule has 2 aromatic carbocycles. The fourth-order valence-electron chi connectivity index (χ4n) is 3.29. The Morgan fingerprint density at radius 3 is 2.42 bits per heavy atom. The molecule has 1 aliphatic rings. The average molecular weight is 423 g/mol. The van der Waals surface area contributed by atoms with Crippen molar-refractivity contribution in [2.24, 2.45) is 0 Å². The Morgan fingerprint density at radius 1 is 1.06 bits per heavy atom. The summed E-state index contributed by atoms with van der Waals surface area (Å²) in [6.45, 7) is -0.376. The van der Waals surface area contributed by atoms with Crippen LogP contribution in [0.25, 0.3) is 17.3 Å². The van der Waals surface area contributed by atoms with Gasteiger partial charge in [0, 0.05) is 13.1 Å². The normalized spacial score (nSPS) is 14.5. The SMILES string of the molecule is N#CC(=Cc1ccc(OC(F)F)cc1)c1nnc(N2CCOCC2)n1-c1ccccc1. The lowest BCUT2D eigenvalue weighted by Crippen LogP contribution is -2.38. The summed E-state index contributed by atoms with van der Waals surface area (Å²) in [4.78, 5) is 2.07. The number of ether oxygens (including phenoxy) is 2. The second-order valence-corrected chi connectivity index (χ2v) is 6.71. The number of nitriles is 1. The van der Waals surface area contributed by atoms with E-state index in [2.05, 4.69) is 25.9 Å². The van der Waals surface area contributed by atoms with Gasteiger partial charge in [0.25, 0.3) is 0 Å². The smallest absolute Gasteiger partial charge is 0.387 e. The molecular weight excluding hydrogens is 404 g/mol. The summed E-state index contributed by atoms with van der Waals surface area (Å²) in [5.41, 5.74) is 1.76. The van der Waals surface area contributed by atoms with Gasteiger partial charge in [-0.15, -0.1) is 10.2 Å². The number of hydrogen-bond donors (Lipinski definition) is 0. The Morgan fingerprint density at radius 2 is 1.77 bits per heavy atom. The third-order valence-electron chi connectivity index (χ3n) is 4.73. The van der Waals surface area contributed by atoms with Gasteiger partial charge in [0.05, 0.1) is 24.5 Å². The summed E-state index contributed by atoms with van der Waals surface area (Å²) in [7, 11) is 0. The Labute approximate surface area is 177 Å². The molecule has 7 nitrogen and oxygen atoms in total. The molecule has 1 aromatic heterocycles. The quantitative estimate of drug-likeness (QED) is 0.562. The number of morpholine rings is 1. The topological polar surface area (TPSA) is 76.2 Å². The molecule has 0 spiro atoms. The summed E-state index contributed by atoms with van der Waals surface area (Å²) < 4.78 is 36.4. The van der Waals surface area contributed by atoms with Crippen LogP contribution in [0.4, 0.5) is 14.7 Å². The summed E-state index contributed by atoms with van der Waals surface area (Å²) in [5.74, 6) is 1.07. The third-order valence-corrected chi connectivity index (χ3v) is 4.73. The van der Waals surface area contributed by atoms with Crippen LogP contribution < -0.4 is 9.64 Å². The van der Waals surface area contributed by atoms with E-state index in [1.165, 1.54) is 12.1 Å². The number of para-hydroxylation sites is 1. The zero-order chi connectivity index (χ0) is 21.6. The van der Waals surface area contributed by atoms with Gasteiger partial charge in [-0.1, -0.05) is 30.3 Å². The second-order valence-electron chi connectivity index (χ2n) is 6.71. The van der Waals surface area contributed by atoms with Crippen LogP contribution in [0.2, 0.25) is 0 Å². The standard InChI is InChI=1S/C22H19F2N5O2/c23-21(24)31-19-8-6-16(7-9-19)14-17(15-25)20-26-27-22(28-10-12-30-13-11-28)29(20)18-4-2-1-3-5-18/h1-9,14,21H,10-13H2. The summed E-state index contributed by atoms with van der Waals surface area (Å²) in [6.07, 6.45) is 1.64. The molecule has 31 heavy (non-hydrogen) atoms. The highest BCUT2D eigenvalue weighted by Gasteiger charge is 2.23. The maximum absolute atomic E-state index is 12.4. The summed E-state index contributed by atoms with van der Waals surface area (Å²) in [5, 5.41) is 18.5. The maximum atomic E-state index is 12.4. The Bertz CT molecular complexity index is 1090. The predicted octanol–water partition coefficient (Wildman–Crippen LogP) is 3.77. The van der Waals surface area contributed by atoms with Crippen LogP contribution in [0.1, 0.15) is 11.4 Å². The minimum atomic E-state index is -2.89. The summed E-state index contributed by atoms with van der Waals surface area (Å²) in [6, 6.07) is 17.8. The van der Waals surface area contributed by atoms with Crippen LogP contribution in [0, 0.1) is 11.3 Å². The van der Waals surface area contributed by atoms with Gasteiger partial charge in [0.15, 0.2) is 5.82 Å². The molecule has 2 heterocycles. The number of nitrogens with zero attached hydrogens (tertiary/aromatic N) is 5. The van der Waals surface area contributed by atoms with Crippen molar-refractivity contribution in [3.05, 3.63) is 66.0 Å². The van der Waals surface area contributed by atoms with Crippen molar-refractivity contribution in [1.29, 1.82) is 5.26 Å². The van der Waals surface area contributed by atoms with Crippen LogP contribution in [0.15, 0.2) is 54.6 Å². The van der Waals surface area contributed by atoms with E-state index in [0.717, 1.165) is 5.69 Å². The molecule has 1 fully saturated rings. The van der Waals surface area contributed by atoms with Gasteiger partial charge in [-0.2, -0.15) is 14.0 Å². The first-order valence-corrected chi connectivity index (χ1v) is 9.66. The van der Waals surface area contributed by atoms with Gasteiger partial charge >= 0.3 is 6.61 Å². The van der Waals surface area contributed by atoms with E-state index in [4.69, 9.17) is 4.74 Å². The first-order chi connectivity index (χ1) is 15.2. The fraction of sp³-hybridized carbons (Fsp3) is 0.227. The molecule has 0 N–H and O–H groups in total. The molecule has 0 saturated carbocycles. The Kier molecular flexibility index (Phi) is 6.19. The minimum Gasteiger partial charge on any atom is -0.435 e. The van der Waals surface area contributed by atoms with Gasteiger partial charge in [-0.25, -0.2) is 0 Å². The average Bonchev–Trinajstić information content (AvgIpc) is 3.24. The highest BCUT2D eigenvalue weighted by Crippen LogP contribution is 2.27. The molecule has 0 amide bonds. The van der Waals surface area contributed by atoms with E-state index in [0.29, 0.717) is 49.2 Å². The zero-order valence-electron chi connectivity index (χ0n) is 16.5. The van der Waals surface area contributed by atoms with Gasteiger partial charge in [0.1, 0.15) is 11.8 Å². The van der Waals surface area contributed by atoms with E-state index in [1.807, 2.05) is 34.9 Å². The molecule has 0 unspecified atom stereocenters. The number of anilines is 1. The van der Waals surface area contributed by atoms with Crippen LogP contribution in [0.3, 0.4) is 0 Å². The number of alkyl halides is 2. The van der Waals surface area contributed by atoms with Crippen molar-refractivity contribution in [3.63, 3.8) is 0 Å². The lowest BCUT2D eigenvalue weighted by atomic mass is 10.1. The highest BCUT2D eigenvalue weighted by atomic mass is 19.3. The largest absolute Gasteiger partial charge is 0.435 e. The van der Waals surface area contributed by atoms with Gasteiger partial charge in [-0.3, -0.25) is 4.57 Å². The summed E-state index contributed by atoms with van der Waals surface area (Å²) >= 11 is 0.